The normalized spacial score (nSPS) is 11.0. The Morgan fingerprint density at radius 2 is 1.45 bits per heavy atom. The number of rotatable bonds is 8. The molecule has 4 N–H and O–H groups in total. The molecule has 0 fully saturated rings. The van der Waals surface area contributed by atoms with Gasteiger partial charge >= 0.3 is 0 Å². The lowest BCUT2D eigenvalue weighted by molar-refractivity contribution is 0.414. The zero-order valence-electron chi connectivity index (χ0n) is 21.7. The summed E-state index contributed by atoms with van der Waals surface area (Å²) in [5.41, 5.74) is 5.74. The third kappa shape index (κ3) is 8.28. The first-order valence-corrected chi connectivity index (χ1v) is 12.6. The van der Waals surface area contributed by atoms with Gasteiger partial charge in [-0.25, -0.2) is 9.97 Å². The number of ether oxygens (including phenoxy) is 1. The van der Waals surface area contributed by atoms with E-state index in [-0.39, 0.29) is 0 Å². The van der Waals surface area contributed by atoms with Gasteiger partial charge in [0.15, 0.2) is 5.11 Å². The summed E-state index contributed by atoms with van der Waals surface area (Å²) in [5.74, 6) is 1.74. The van der Waals surface area contributed by atoms with Crippen LogP contribution in [0.4, 0.5) is 23.0 Å². The first-order valence-electron chi connectivity index (χ1n) is 12.2. The van der Waals surface area contributed by atoms with Crippen molar-refractivity contribution < 1.29 is 4.74 Å². The van der Waals surface area contributed by atoms with E-state index < -0.39 is 0 Å². The number of aromatic nitrogens is 2. The highest BCUT2D eigenvalue weighted by Gasteiger charge is 2.08. The molecule has 1 heterocycles. The lowest BCUT2D eigenvalue weighted by Gasteiger charge is -2.15. The van der Waals surface area contributed by atoms with Crippen molar-refractivity contribution in [2.75, 3.05) is 29.6 Å². The Morgan fingerprint density at radius 3 is 2.11 bits per heavy atom. The minimum Gasteiger partial charge on any atom is -0.497 e. The van der Waals surface area contributed by atoms with E-state index in [0.29, 0.717) is 23.6 Å². The second-order valence-electron chi connectivity index (χ2n) is 8.58. The lowest BCUT2D eigenvalue weighted by Crippen LogP contribution is -2.39. The number of thiocarbonyl (C=S) groups is 1. The van der Waals surface area contributed by atoms with Gasteiger partial charge in [-0.05, 0) is 92.6 Å². The zero-order valence-corrected chi connectivity index (χ0v) is 22.5. The Labute approximate surface area is 228 Å². The smallest absolute Gasteiger partial charge is 0.229 e. The summed E-state index contributed by atoms with van der Waals surface area (Å²) in [4.78, 5) is 13.6. The van der Waals surface area contributed by atoms with Crippen molar-refractivity contribution >= 4 is 46.3 Å². The topological polar surface area (TPSA) is 95.5 Å². The van der Waals surface area contributed by atoms with Gasteiger partial charge in [0.25, 0.3) is 0 Å². The molecular formula is C29H31N7OS. The molecule has 0 spiro atoms. The van der Waals surface area contributed by atoms with Crippen molar-refractivity contribution in [1.29, 1.82) is 0 Å². The van der Waals surface area contributed by atoms with Crippen molar-refractivity contribution in [1.82, 2.24) is 15.3 Å². The number of nitrogens with zero attached hydrogens (tertiary/aromatic N) is 3. The minimum absolute atomic E-state index is 0.397. The quantitative estimate of drug-likeness (QED) is 0.129. The minimum atomic E-state index is 0.397. The highest BCUT2D eigenvalue weighted by molar-refractivity contribution is 7.80. The summed E-state index contributed by atoms with van der Waals surface area (Å²) >= 11 is 5.58. The van der Waals surface area contributed by atoms with Crippen LogP contribution in [0.2, 0.25) is 0 Å². The summed E-state index contributed by atoms with van der Waals surface area (Å²) in [6, 6.07) is 27.8. The second-order valence-corrected chi connectivity index (χ2v) is 8.98. The van der Waals surface area contributed by atoms with Crippen LogP contribution in [0.1, 0.15) is 17.0 Å². The second kappa shape index (κ2) is 13.2. The summed E-state index contributed by atoms with van der Waals surface area (Å²) in [7, 11) is 1.66. The van der Waals surface area contributed by atoms with Gasteiger partial charge in [0.1, 0.15) is 5.75 Å². The van der Waals surface area contributed by atoms with Crippen LogP contribution in [0, 0.1) is 13.8 Å². The van der Waals surface area contributed by atoms with E-state index in [4.69, 9.17) is 21.9 Å². The largest absolute Gasteiger partial charge is 0.497 e. The number of aryl methyl sites for hydroxylation is 2. The third-order valence-corrected chi connectivity index (χ3v) is 5.68. The van der Waals surface area contributed by atoms with Gasteiger partial charge in [0.2, 0.25) is 11.9 Å². The first-order chi connectivity index (χ1) is 18.5. The average molecular weight is 526 g/mol. The molecular weight excluding hydrogens is 494 g/mol. The van der Waals surface area contributed by atoms with E-state index in [9.17, 15) is 0 Å². The maximum Gasteiger partial charge on any atom is 0.229 e. The number of hydrogen-bond donors (Lipinski definition) is 4. The fraction of sp³-hybridized carbons (Fsp3) is 0.172. The molecule has 0 unspecified atom stereocenters. The molecule has 0 saturated heterocycles. The summed E-state index contributed by atoms with van der Waals surface area (Å²) in [6.07, 6.45) is 0.751. The maximum atomic E-state index is 5.58. The molecule has 0 aliphatic heterocycles. The van der Waals surface area contributed by atoms with Crippen LogP contribution >= 0.6 is 12.2 Å². The molecule has 0 saturated carbocycles. The van der Waals surface area contributed by atoms with Crippen molar-refractivity contribution in [2.45, 2.75) is 20.3 Å². The first kappa shape index (κ1) is 26.6. The van der Waals surface area contributed by atoms with Crippen LogP contribution < -0.4 is 26.0 Å². The van der Waals surface area contributed by atoms with Crippen LogP contribution in [-0.4, -0.2) is 34.7 Å². The molecule has 3 aromatic carbocycles. The highest BCUT2D eigenvalue weighted by Crippen LogP contribution is 2.18. The lowest BCUT2D eigenvalue weighted by atomic mass is 10.1. The predicted molar refractivity (Wildman–Crippen MR) is 160 cm³/mol. The van der Waals surface area contributed by atoms with Gasteiger partial charge in [-0.1, -0.05) is 30.3 Å². The molecule has 0 bridgehead atoms. The summed E-state index contributed by atoms with van der Waals surface area (Å²) in [6.45, 7) is 4.39. The number of para-hydroxylation sites is 1. The Balaban J connectivity index is 1.40. The number of hydrogen-bond acceptors (Lipinski definition) is 6. The number of aliphatic imine (C=N–C) groups is 1. The summed E-state index contributed by atoms with van der Waals surface area (Å²) in [5, 5.41) is 13.3. The number of anilines is 4. The Morgan fingerprint density at radius 1 is 0.816 bits per heavy atom. The van der Waals surface area contributed by atoms with E-state index in [1.165, 1.54) is 0 Å². The molecule has 38 heavy (non-hydrogen) atoms. The Bertz CT molecular complexity index is 1350. The number of benzene rings is 3. The van der Waals surface area contributed by atoms with E-state index in [1.54, 1.807) is 7.11 Å². The molecule has 0 amide bonds. The Hall–Kier alpha value is -4.50. The van der Waals surface area contributed by atoms with Gasteiger partial charge in [-0.3, -0.25) is 10.3 Å². The average Bonchev–Trinajstić information content (AvgIpc) is 2.90. The number of methoxy groups -OCH3 is 1. The monoisotopic (exact) mass is 525 g/mol. The summed E-state index contributed by atoms with van der Waals surface area (Å²) < 4.78 is 5.24. The van der Waals surface area contributed by atoms with E-state index in [0.717, 1.165) is 46.2 Å². The molecule has 1 aromatic heterocycles. The molecule has 4 aromatic rings. The third-order valence-electron chi connectivity index (χ3n) is 5.48. The van der Waals surface area contributed by atoms with Gasteiger partial charge in [-0.15, -0.1) is 0 Å². The molecule has 9 heteroatoms. The standard InChI is InChI=1S/C29H31N7OS/c1-20-19-21(2)32-28(31-20)35-27(30-18-17-22-9-15-26(37-3)16-10-22)36-29(38)34-25-13-11-24(12-14-25)33-23-7-5-4-6-8-23/h4-16,19,33H,17-18H2,1-3H3,(H3,30,31,32,34,35,36,38). The van der Waals surface area contributed by atoms with Crippen LogP contribution in [0.25, 0.3) is 0 Å². The van der Waals surface area contributed by atoms with Crippen LogP contribution in [0.15, 0.2) is 89.9 Å². The van der Waals surface area contributed by atoms with Gasteiger partial charge in [0, 0.05) is 35.0 Å². The molecule has 0 aliphatic carbocycles. The SMILES string of the molecule is COc1ccc(CCN=C(NC(=S)Nc2ccc(Nc3ccccc3)cc2)Nc2nc(C)cc(C)n2)cc1. The molecule has 0 radical (unpaired) electrons. The fourth-order valence-corrected chi connectivity index (χ4v) is 3.90. The Kier molecular flexibility index (Phi) is 9.20. The maximum absolute atomic E-state index is 5.58. The van der Waals surface area contributed by atoms with Gasteiger partial charge in [-0.2, -0.15) is 0 Å². The van der Waals surface area contributed by atoms with Gasteiger partial charge < -0.3 is 20.7 Å². The van der Waals surface area contributed by atoms with E-state index in [2.05, 4.69) is 31.2 Å². The predicted octanol–water partition coefficient (Wildman–Crippen LogP) is 5.84. The van der Waals surface area contributed by atoms with Crippen LogP contribution in [-0.2, 0) is 6.42 Å². The van der Waals surface area contributed by atoms with E-state index in [1.807, 2.05) is 98.8 Å². The molecule has 0 atom stereocenters. The molecule has 0 aliphatic rings. The molecule has 4 rings (SSSR count). The molecule has 8 nitrogen and oxygen atoms in total. The van der Waals surface area contributed by atoms with Crippen molar-refractivity contribution in [3.05, 3.63) is 102 Å². The van der Waals surface area contributed by atoms with Crippen molar-refractivity contribution in [2.24, 2.45) is 4.99 Å². The molecule has 194 valence electrons. The zero-order chi connectivity index (χ0) is 26.7. The fourth-order valence-electron chi connectivity index (χ4n) is 3.68. The van der Waals surface area contributed by atoms with Crippen molar-refractivity contribution in [3.8, 4) is 5.75 Å². The van der Waals surface area contributed by atoms with Crippen LogP contribution in [0.5, 0.6) is 5.75 Å². The van der Waals surface area contributed by atoms with Crippen molar-refractivity contribution in [3.63, 3.8) is 0 Å². The number of nitrogens with one attached hydrogen (secondary N) is 4. The van der Waals surface area contributed by atoms with E-state index >= 15 is 0 Å². The van der Waals surface area contributed by atoms with Crippen LogP contribution in [0.3, 0.4) is 0 Å². The van der Waals surface area contributed by atoms with Gasteiger partial charge in [0.05, 0.1) is 7.11 Å². The number of guanidine groups is 1. The highest BCUT2D eigenvalue weighted by atomic mass is 32.1.